The van der Waals surface area contributed by atoms with Crippen molar-refractivity contribution in [3.05, 3.63) is 65.5 Å². The van der Waals surface area contributed by atoms with E-state index in [0.717, 1.165) is 10.0 Å². The van der Waals surface area contributed by atoms with E-state index < -0.39 is 4.92 Å². The van der Waals surface area contributed by atoms with Gasteiger partial charge in [-0.3, -0.25) is 10.1 Å². The van der Waals surface area contributed by atoms with E-state index in [1.807, 2.05) is 24.3 Å². The molecule has 2 rings (SSSR count). The Morgan fingerprint density at radius 3 is 2.20 bits per heavy atom. The molecule has 0 aromatic heterocycles. The zero-order chi connectivity index (χ0) is 14.7. The summed E-state index contributed by atoms with van der Waals surface area (Å²) in [7, 11) is 0. The number of nitro benzene ring substituents is 1. The number of hydrogen-bond acceptors (Lipinski definition) is 3. The molecular formula is C13H8Br3NO3. The predicted molar refractivity (Wildman–Crippen MR) is 87.0 cm³/mol. The van der Waals surface area contributed by atoms with Crippen molar-refractivity contribution in [2.24, 2.45) is 0 Å². The Balaban J connectivity index is 2.22. The summed E-state index contributed by atoms with van der Waals surface area (Å²) in [6.45, 7) is 0.358. The quantitative estimate of drug-likeness (QED) is 0.445. The van der Waals surface area contributed by atoms with Crippen LogP contribution in [0.15, 0.2) is 49.8 Å². The topological polar surface area (TPSA) is 52.4 Å². The van der Waals surface area contributed by atoms with Crippen LogP contribution < -0.4 is 4.74 Å². The van der Waals surface area contributed by atoms with Crippen LogP contribution in [-0.4, -0.2) is 4.92 Å². The number of hydrogen-bond donors (Lipinski definition) is 0. The summed E-state index contributed by atoms with van der Waals surface area (Å²) in [5, 5.41) is 10.8. The third-order valence-electron chi connectivity index (χ3n) is 2.52. The first-order valence-electron chi connectivity index (χ1n) is 5.48. The molecule has 0 amide bonds. The summed E-state index contributed by atoms with van der Waals surface area (Å²) in [4.78, 5) is 10.3. The maximum absolute atomic E-state index is 10.8. The van der Waals surface area contributed by atoms with Crippen molar-refractivity contribution < 1.29 is 9.66 Å². The van der Waals surface area contributed by atoms with Crippen molar-refractivity contribution in [3.8, 4) is 5.75 Å². The summed E-state index contributed by atoms with van der Waals surface area (Å²) in [6, 6.07) is 10.5. The molecule has 0 N–H and O–H groups in total. The molecule has 0 aliphatic carbocycles. The van der Waals surface area contributed by atoms with E-state index in [1.54, 1.807) is 0 Å². The third kappa shape index (κ3) is 3.59. The van der Waals surface area contributed by atoms with Crippen LogP contribution in [0.25, 0.3) is 0 Å². The fraction of sp³-hybridized carbons (Fsp3) is 0.0769. The Morgan fingerprint density at radius 2 is 1.65 bits per heavy atom. The molecule has 104 valence electrons. The summed E-state index contributed by atoms with van der Waals surface area (Å²) in [5.41, 5.74) is 0.988. The number of nitrogens with zero attached hydrogens (tertiary/aromatic N) is 1. The van der Waals surface area contributed by atoms with Gasteiger partial charge in [0.1, 0.15) is 12.4 Å². The lowest BCUT2D eigenvalue weighted by atomic mass is 10.2. The van der Waals surface area contributed by atoms with Crippen molar-refractivity contribution in [2.45, 2.75) is 6.61 Å². The Bertz CT molecular complexity index is 638. The number of benzene rings is 2. The van der Waals surface area contributed by atoms with Crippen LogP contribution in [-0.2, 0) is 6.61 Å². The fourth-order valence-electron chi connectivity index (χ4n) is 1.56. The first-order chi connectivity index (χ1) is 9.49. The highest BCUT2D eigenvalue weighted by Crippen LogP contribution is 2.37. The highest BCUT2D eigenvalue weighted by Gasteiger charge is 2.15. The van der Waals surface area contributed by atoms with Crippen LogP contribution in [0.2, 0.25) is 0 Å². The first kappa shape index (κ1) is 15.5. The minimum atomic E-state index is -0.451. The Labute approximate surface area is 140 Å². The van der Waals surface area contributed by atoms with E-state index in [0.29, 0.717) is 21.3 Å². The average Bonchev–Trinajstić information content (AvgIpc) is 2.39. The standard InChI is InChI=1S/C13H8Br3NO3/c14-10-4-2-1-3-8(10)7-20-13-11(15)5-9(17(18)19)6-12(13)16/h1-6H,7H2. The summed E-state index contributed by atoms with van der Waals surface area (Å²) < 4.78 is 7.74. The second-order valence-electron chi connectivity index (χ2n) is 3.88. The normalized spacial score (nSPS) is 10.3. The van der Waals surface area contributed by atoms with E-state index in [9.17, 15) is 10.1 Å². The molecule has 0 saturated heterocycles. The van der Waals surface area contributed by atoms with Gasteiger partial charge in [0.2, 0.25) is 0 Å². The molecule has 4 nitrogen and oxygen atoms in total. The van der Waals surface area contributed by atoms with Gasteiger partial charge >= 0.3 is 0 Å². The largest absolute Gasteiger partial charge is 0.486 e. The molecule has 20 heavy (non-hydrogen) atoms. The molecule has 0 radical (unpaired) electrons. The zero-order valence-electron chi connectivity index (χ0n) is 9.98. The van der Waals surface area contributed by atoms with Gasteiger partial charge in [-0.2, -0.15) is 0 Å². The van der Waals surface area contributed by atoms with Gasteiger partial charge < -0.3 is 4.74 Å². The molecule has 0 bridgehead atoms. The minimum Gasteiger partial charge on any atom is -0.486 e. The van der Waals surface area contributed by atoms with Gasteiger partial charge in [-0.1, -0.05) is 34.1 Å². The molecule has 0 aliphatic heterocycles. The molecule has 0 saturated carbocycles. The lowest BCUT2D eigenvalue weighted by Crippen LogP contribution is -1.98. The second-order valence-corrected chi connectivity index (χ2v) is 6.44. The second kappa shape index (κ2) is 6.69. The van der Waals surface area contributed by atoms with Crippen LogP contribution in [0.3, 0.4) is 0 Å². The smallest absolute Gasteiger partial charge is 0.271 e. The highest BCUT2D eigenvalue weighted by atomic mass is 79.9. The summed E-state index contributed by atoms with van der Waals surface area (Å²) >= 11 is 10.0. The Kier molecular flexibility index (Phi) is 5.17. The van der Waals surface area contributed by atoms with Gasteiger partial charge in [0, 0.05) is 22.2 Å². The van der Waals surface area contributed by atoms with Gasteiger partial charge in [0.05, 0.1) is 13.9 Å². The van der Waals surface area contributed by atoms with Crippen molar-refractivity contribution in [2.75, 3.05) is 0 Å². The highest BCUT2D eigenvalue weighted by molar-refractivity contribution is 9.11. The molecule has 0 aliphatic rings. The van der Waals surface area contributed by atoms with E-state index in [-0.39, 0.29) is 5.69 Å². The van der Waals surface area contributed by atoms with Crippen LogP contribution in [0.4, 0.5) is 5.69 Å². The predicted octanol–water partition coefficient (Wildman–Crippen LogP) is 5.46. The molecule has 2 aromatic carbocycles. The van der Waals surface area contributed by atoms with Crippen LogP contribution in [0.5, 0.6) is 5.75 Å². The van der Waals surface area contributed by atoms with Crippen molar-refractivity contribution in [1.82, 2.24) is 0 Å². The average molecular weight is 466 g/mol. The number of ether oxygens (including phenoxy) is 1. The number of nitro groups is 1. The fourth-order valence-corrected chi connectivity index (χ4v) is 3.35. The molecule has 2 aromatic rings. The van der Waals surface area contributed by atoms with E-state index in [2.05, 4.69) is 47.8 Å². The summed E-state index contributed by atoms with van der Waals surface area (Å²) in [5.74, 6) is 0.534. The first-order valence-corrected chi connectivity index (χ1v) is 7.86. The Hall–Kier alpha value is -0.920. The molecule has 0 atom stereocenters. The molecule has 0 unspecified atom stereocenters. The molecule has 0 fully saturated rings. The van der Waals surface area contributed by atoms with Crippen LogP contribution in [0.1, 0.15) is 5.56 Å². The molecular weight excluding hydrogens is 458 g/mol. The van der Waals surface area contributed by atoms with Crippen molar-refractivity contribution >= 4 is 53.5 Å². The maximum atomic E-state index is 10.8. The van der Waals surface area contributed by atoms with Crippen LogP contribution in [0, 0.1) is 10.1 Å². The monoisotopic (exact) mass is 463 g/mol. The maximum Gasteiger partial charge on any atom is 0.271 e. The third-order valence-corrected chi connectivity index (χ3v) is 4.48. The number of rotatable bonds is 4. The minimum absolute atomic E-state index is 0.00279. The zero-order valence-corrected chi connectivity index (χ0v) is 14.7. The number of halogens is 3. The Morgan fingerprint density at radius 1 is 1.05 bits per heavy atom. The van der Waals surface area contributed by atoms with Crippen molar-refractivity contribution in [1.29, 1.82) is 0 Å². The van der Waals surface area contributed by atoms with E-state index >= 15 is 0 Å². The van der Waals surface area contributed by atoms with Gasteiger partial charge in [-0.25, -0.2) is 0 Å². The van der Waals surface area contributed by atoms with Crippen molar-refractivity contribution in [3.63, 3.8) is 0 Å². The van der Waals surface area contributed by atoms with Gasteiger partial charge in [-0.05, 0) is 37.9 Å². The SMILES string of the molecule is O=[N+]([O-])c1cc(Br)c(OCc2ccccc2Br)c(Br)c1. The lowest BCUT2D eigenvalue weighted by Gasteiger charge is -2.11. The van der Waals surface area contributed by atoms with Gasteiger partial charge in [0.25, 0.3) is 5.69 Å². The van der Waals surface area contributed by atoms with Gasteiger partial charge in [0.15, 0.2) is 0 Å². The van der Waals surface area contributed by atoms with Gasteiger partial charge in [-0.15, -0.1) is 0 Å². The van der Waals surface area contributed by atoms with Crippen LogP contribution >= 0.6 is 47.8 Å². The molecule has 0 heterocycles. The number of non-ortho nitro benzene ring substituents is 1. The lowest BCUT2D eigenvalue weighted by molar-refractivity contribution is -0.385. The molecule has 0 spiro atoms. The van der Waals surface area contributed by atoms with E-state index in [1.165, 1.54) is 12.1 Å². The molecule has 7 heteroatoms. The van der Waals surface area contributed by atoms with E-state index in [4.69, 9.17) is 4.74 Å². The summed E-state index contributed by atoms with van der Waals surface area (Å²) in [6.07, 6.45) is 0.